The van der Waals surface area contributed by atoms with Gasteiger partial charge < -0.3 is 10.5 Å². The van der Waals surface area contributed by atoms with Crippen LogP contribution in [0.2, 0.25) is 0 Å². The van der Waals surface area contributed by atoms with Crippen molar-refractivity contribution in [3.63, 3.8) is 0 Å². The zero-order chi connectivity index (χ0) is 11.1. The Balaban J connectivity index is 0. The van der Waals surface area contributed by atoms with Crippen molar-refractivity contribution >= 4 is 11.8 Å². The molecule has 3 heteroatoms. The van der Waals surface area contributed by atoms with E-state index in [0.29, 0.717) is 0 Å². The fourth-order valence-corrected chi connectivity index (χ4v) is 1.20. The lowest BCUT2D eigenvalue weighted by Gasteiger charge is -1.94. The summed E-state index contributed by atoms with van der Waals surface area (Å²) in [5, 5.41) is 1.89. The van der Waals surface area contributed by atoms with Gasteiger partial charge in [0.05, 0.1) is 12.5 Å². The van der Waals surface area contributed by atoms with Crippen molar-refractivity contribution in [2.24, 2.45) is 5.73 Å². The average molecular weight is 215 g/mol. The maximum Gasteiger partial charge on any atom is 0.0829 e. The Morgan fingerprint density at radius 1 is 1.07 bits per heavy atom. The molecule has 14 heavy (non-hydrogen) atoms. The third kappa shape index (κ3) is 22.5. The number of hydrogen-bond donors (Lipinski definition) is 1. The van der Waals surface area contributed by atoms with Gasteiger partial charge >= 0.3 is 0 Å². The smallest absolute Gasteiger partial charge is 0.0829 e. The molecule has 0 saturated heterocycles. The Bertz CT molecular complexity index is 131. The zero-order valence-electron chi connectivity index (χ0n) is 8.78. The first-order chi connectivity index (χ1) is 6.83. The van der Waals surface area contributed by atoms with E-state index in [-0.39, 0.29) is 0 Å². The van der Waals surface area contributed by atoms with Crippen LogP contribution in [0.1, 0.15) is 19.3 Å². The van der Waals surface area contributed by atoms with Gasteiger partial charge in [-0.3, -0.25) is 0 Å². The molecule has 0 aliphatic carbocycles. The first-order valence-corrected chi connectivity index (χ1v) is 5.68. The molecule has 0 heterocycles. The summed E-state index contributed by atoms with van der Waals surface area (Å²) in [5.74, 6) is 1.20. The van der Waals surface area contributed by atoms with E-state index in [4.69, 9.17) is 5.73 Å². The van der Waals surface area contributed by atoms with Crippen LogP contribution in [0, 0.1) is 0 Å². The Hall–Kier alpha value is -0.670. The summed E-state index contributed by atoms with van der Waals surface area (Å²) in [6.45, 7) is 11.0. The standard InChI is InChI=1S/C7H15NS.C4H6O/c1-2-9-7-5-3-4-6-8;1-3-5-4-2/h2H,1,3-8H2;3-4H,1-2H2. The lowest BCUT2D eigenvalue weighted by Crippen LogP contribution is -1.97. The Morgan fingerprint density at radius 3 is 2.07 bits per heavy atom. The van der Waals surface area contributed by atoms with E-state index in [0.717, 1.165) is 13.0 Å². The number of ether oxygens (including phenoxy) is 1. The second-order valence-corrected chi connectivity index (χ2v) is 3.43. The second kappa shape index (κ2) is 18.2. The van der Waals surface area contributed by atoms with E-state index in [1.54, 1.807) is 11.8 Å². The second-order valence-electron chi connectivity index (χ2n) is 2.36. The van der Waals surface area contributed by atoms with Gasteiger partial charge in [-0.25, -0.2) is 0 Å². The predicted molar refractivity (Wildman–Crippen MR) is 67.0 cm³/mol. The van der Waals surface area contributed by atoms with E-state index in [1.165, 1.54) is 31.1 Å². The molecule has 82 valence electrons. The van der Waals surface area contributed by atoms with Crippen molar-refractivity contribution in [3.05, 3.63) is 37.7 Å². The van der Waals surface area contributed by atoms with Crippen LogP contribution in [-0.2, 0) is 4.74 Å². The van der Waals surface area contributed by atoms with E-state index < -0.39 is 0 Å². The van der Waals surface area contributed by atoms with E-state index in [9.17, 15) is 0 Å². The summed E-state index contributed by atoms with van der Waals surface area (Å²) in [6, 6.07) is 0. The maximum atomic E-state index is 5.32. The summed E-state index contributed by atoms with van der Waals surface area (Å²) in [7, 11) is 0. The normalized spacial score (nSPS) is 8.07. The minimum atomic E-state index is 0.832. The monoisotopic (exact) mass is 215 g/mol. The van der Waals surface area contributed by atoms with Crippen LogP contribution in [-0.4, -0.2) is 12.3 Å². The summed E-state index contributed by atoms with van der Waals surface area (Å²) < 4.78 is 4.36. The molecule has 0 atom stereocenters. The lowest BCUT2D eigenvalue weighted by atomic mass is 10.2. The van der Waals surface area contributed by atoms with Crippen molar-refractivity contribution in [1.82, 2.24) is 0 Å². The van der Waals surface area contributed by atoms with Crippen LogP contribution in [0.5, 0.6) is 0 Å². The van der Waals surface area contributed by atoms with E-state index in [2.05, 4.69) is 24.5 Å². The van der Waals surface area contributed by atoms with Crippen molar-refractivity contribution in [2.75, 3.05) is 12.3 Å². The van der Waals surface area contributed by atoms with Gasteiger partial charge in [-0.1, -0.05) is 26.2 Å². The SMILES string of the molecule is C=COC=C.C=CSCCCCCN. The molecular formula is C11H21NOS. The molecule has 0 aliphatic rings. The Labute approximate surface area is 91.9 Å². The number of unbranched alkanes of at least 4 members (excludes halogenated alkanes) is 2. The molecule has 0 spiro atoms. The topological polar surface area (TPSA) is 35.2 Å². The van der Waals surface area contributed by atoms with Crippen LogP contribution < -0.4 is 5.73 Å². The summed E-state index contributed by atoms with van der Waals surface area (Å²) in [6.07, 6.45) is 6.32. The van der Waals surface area contributed by atoms with Gasteiger partial charge in [-0.15, -0.1) is 11.8 Å². The van der Waals surface area contributed by atoms with Gasteiger partial charge in [-0.2, -0.15) is 0 Å². The van der Waals surface area contributed by atoms with Crippen molar-refractivity contribution in [3.8, 4) is 0 Å². The third-order valence-corrected chi connectivity index (χ3v) is 2.04. The predicted octanol–water partition coefficient (Wildman–Crippen LogP) is 3.28. The molecule has 0 aromatic rings. The minimum absolute atomic E-state index is 0.832. The minimum Gasteiger partial charge on any atom is -0.474 e. The summed E-state index contributed by atoms with van der Waals surface area (Å²) in [4.78, 5) is 0. The fourth-order valence-electron chi connectivity index (χ4n) is 0.658. The number of thioether (sulfide) groups is 1. The largest absolute Gasteiger partial charge is 0.474 e. The molecule has 0 unspecified atom stereocenters. The maximum absolute atomic E-state index is 5.32. The van der Waals surface area contributed by atoms with Gasteiger partial charge in [0, 0.05) is 0 Å². The van der Waals surface area contributed by atoms with Gasteiger partial charge in [0.1, 0.15) is 0 Å². The highest BCUT2D eigenvalue weighted by atomic mass is 32.2. The molecule has 0 radical (unpaired) electrons. The summed E-state index contributed by atoms with van der Waals surface area (Å²) in [5.41, 5.74) is 5.32. The summed E-state index contributed by atoms with van der Waals surface area (Å²) >= 11 is 1.78. The Morgan fingerprint density at radius 2 is 1.71 bits per heavy atom. The van der Waals surface area contributed by atoms with E-state index in [1.807, 2.05) is 5.41 Å². The number of rotatable bonds is 8. The van der Waals surface area contributed by atoms with Gasteiger partial charge in [-0.05, 0) is 30.5 Å². The first kappa shape index (κ1) is 15.8. The first-order valence-electron chi connectivity index (χ1n) is 4.63. The molecular weight excluding hydrogens is 194 g/mol. The number of hydrogen-bond acceptors (Lipinski definition) is 3. The molecule has 2 N–H and O–H groups in total. The van der Waals surface area contributed by atoms with Crippen LogP contribution in [0.15, 0.2) is 37.7 Å². The van der Waals surface area contributed by atoms with Crippen molar-refractivity contribution < 1.29 is 4.74 Å². The average Bonchev–Trinajstić information content (AvgIpc) is 2.20. The highest BCUT2D eigenvalue weighted by molar-refractivity contribution is 8.02. The van der Waals surface area contributed by atoms with Crippen LogP contribution in [0.4, 0.5) is 0 Å². The van der Waals surface area contributed by atoms with Crippen LogP contribution in [0.3, 0.4) is 0 Å². The molecule has 0 aliphatic heterocycles. The van der Waals surface area contributed by atoms with Crippen molar-refractivity contribution in [1.29, 1.82) is 0 Å². The quantitative estimate of drug-likeness (QED) is 0.498. The zero-order valence-corrected chi connectivity index (χ0v) is 9.60. The highest BCUT2D eigenvalue weighted by Gasteiger charge is 1.84. The fraction of sp³-hybridized carbons (Fsp3) is 0.455. The molecule has 2 nitrogen and oxygen atoms in total. The molecule has 0 rings (SSSR count). The molecule has 0 fully saturated rings. The van der Waals surface area contributed by atoms with Crippen molar-refractivity contribution in [2.45, 2.75) is 19.3 Å². The molecule has 0 amide bonds. The van der Waals surface area contributed by atoms with Crippen LogP contribution in [0.25, 0.3) is 0 Å². The van der Waals surface area contributed by atoms with Gasteiger partial charge in [0.25, 0.3) is 0 Å². The molecule has 0 bridgehead atoms. The highest BCUT2D eigenvalue weighted by Crippen LogP contribution is 2.05. The molecule has 0 aromatic heterocycles. The Kier molecular flexibility index (Phi) is 20.5. The van der Waals surface area contributed by atoms with Crippen LogP contribution >= 0.6 is 11.8 Å². The van der Waals surface area contributed by atoms with Gasteiger partial charge in [0.2, 0.25) is 0 Å². The van der Waals surface area contributed by atoms with Gasteiger partial charge in [0.15, 0.2) is 0 Å². The van der Waals surface area contributed by atoms with E-state index >= 15 is 0 Å². The third-order valence-electron chi connectivity index (χ3n) is 1.28. The lowest BCUT2D eigenvalue weighted by molar-refractivity contribution is 0.406. The molecule has 0 aromatic carbocycles. The molecule has 0 saturated carbocycles. The number of nitrogens with two attached hydrogens (primary N) is 1.